The van der Waals surface area contributed by atoms with Crippen LogP contribution in [0.15, 0.2) is 42.5 Å². The molecule has 0 radical (unpaired) electrons. The van der Waals surface area contributed by atoms with Gasteiger partial charge in [0.2, 0.25) is 0 Å². The first-order chi connectivity index (χ1) is 12.5. The first-order valence-corrected chi connectivity index (χ1v) is 8.78. The molecule has 5 heteroatoms. The van der Waals surface area contributed by atoms with Crippen LogP contribution in [0.2, 0.25) is 0 Å². The molecule has 0 aliphatic heterocycles. The van der Waals surface area contributed by atoms with Gasteiger partial charge in [0.25, 0.3) is 5.91 Å². The Labute approximate surface area is 155 Å². The predicted octanol–water partition coefficient (Wildman–Crippen LogP) is 4.01. The highest BCUT2D eigenvalue weighted by Gasteiger charge is 2.20. The summed E-state index contributed by atoms with van der Waals surface area (Å²) >= 11 is 0. The lowest BCUT2D eigenvalue weighted by atomic mass is 10.0. The summed E-state index contributed by atoms with van der Waals surface area (Å²) < 4.78 is 16.8. The molecule has 0 saturated carbocycles. The highest BCUT2D eigenvalue weighted by Crippen LogP contribution is 2.31. The fourth-order valence-electron chi connectivity index (χ4n) is 2.60. The van der Waals surface area contributed by atoms with Crippen LogP contribution in [-0.2, 0) is 4.79 Å². The van der Waals surface area contributed by atoms with Gasteiger partial charge in [-0.2, -0.15) is 0 Å². The fraction of sp³-hybridized carbons (Fsp3) is 0.381. The second kappa shape index (κ2) is 9.13. The van der Waals surface area contributed by atoms with Crippen molar-refractivity contribution in [3.63, 3.8) is 0 Å². The summed E-state index contributed by atoms with van der Waals surface area (Å²) in [6.45, 7) is 4.52. The van der Waals surface area contributed by atoms with Gasteiger partial charge >= 0.3 is 0 Å². The van der Waals surface area contributed by atoms with E-state index in [9.17, 15) is 4.79 Å². The topological polar surface area (TPSA) is 48.0 Å². The molecule has 0 spiro atoms. The first-order valence-electron chi connectivity index (χ1n) is 8.78. The highest BCUT2D eigenvalue weighted by atomic mass is 16.5. The minimum absolute atomic E-state index is 0.0575. The van der Waals surface area contributed by atoms with E-state index in [1.165, 1.54) is 0 Å². The Balaban J connectivity index is 2.31. The van der Waals surface area contributed by atoms with Gasteiger partial charge in [-0.25, -0.2) is 0 Å². The molecule has 0 bridgehead atoms. The third-order valence-corrected chi connectivity index (χ3v) is 3.98. The molecule has 0 aliphatic rings. The van der Waals surface area contributed by atoms with Gasteiger partial charge in [-0.15, -0.1) is 0 Å². The number of nitrogens with zero attached hydrogens (tertiary/aromatic N) is 1. The molecule has 1 unspecified atom stereocenters. The Kier molecular flexibility index (Phi) is 6.89. The number of ether oxygens (including phenoxy) is 3. The van der Waals surface area contributed by atoms with E-state index in [-0.39, 0.29) is 5.91 Å². The number of likely N-dealkylation sites (N-methyl/N-ethyl adjacent to an activating group) is 1. The molecule has 1 atom stereocenters. The van der Waals surface area contributed by atoms with Crippen molar-refractivity contribution in [2.45, 2.75) is 26.4 Å². The van der Waals surface area contributed by atoms with Gasteiger partial charge in [-0.05, 0) is 48.7 Å². The lowest BCUT2D eigenvalue weighted by molar-refractivity contribution is -0.136. The van der Waals surface area contributed by atoms with Crippen molar-refractivity contribution < 1.29 is 19.0 Å². The van der Waals surface area contributed by atoms with Gasteiger partial charge in [0, 0.05) is 20.2 Å². The maximum absolute atomic E-state index is 12.2. The van der Waals surface area contributed by atoms with Crippen LogP contribution >= 0.6 is 0 Å². The summed E-state index contributed by atoms with van der Waals surface area (Å²) in [6, 6.07) is 13.5. The summed E-state index contributed by atoms with van der Waals surface area (Å²) in [5.41, 5.74) is 1.97. The summed E-state index contributed by atoms with van der Waals surface area (Å²) in [5, 5.41) is 0. The molecule has 0 aliphatic carbocycles. The van der Waals surface area contributed by atoms with E-state index >= 15 is 0 Å². The van der Waals surface area contributed by atoms with Crippen molar-refractivity contribution >= 4 is 5.91 Å². The van der Waals surface area contributed by atoms with Crippen LogP contribution in [0.25, 0.3) is 11.1 Å². The van der Waals surface area contributed by atoms with Crippen LogP contribution in [0.4, 0.5) is 0 Å². The van der Waals surface area contributed by atoms with Crippen LogP contribution in [-0.4, -0.2) is 44.7 Å². The number of methoxy groups -OCH3 is 1. The first kappa shape index (κ1) is 19.6. The number of carbonyl (C=O) groups is 1. The zero-order chi connectivity index (χ0) is 19.1. The zero-order valence-corrected chi connectivity index (χ0v) is 16.1. The molecule has 26 heavy (non-hydrogen) atoms. The van der Waals surface area contributed by atoms with Crippen molar-refractivity contribution in [3.05, 3.63) is 42.5 Å². The van der Waals surface area contributed by atoms with Gasteiger partial charge in [0.15, 0.2) is 6.10 Å². The second-order valence-electron chi connectivity index (χ2n) is 6.10. The summed E-state index contributed by atoms with van der Waals surface area (Å²) in [6.07, 6.45) is 0.0670. The molecule has 0 heterocycles. The Morgan fingerprint density at radius 1 is 0.962 bits per heavy atom. The standard InChI is InChI=1S/C21H27NO4/c1-6-20(21(23)22(3)4)26-19-13-16(12-18(14-19)24-5)15-8-10-17(11-9-15)25-7-2/h8-14,20H,6-7H2,1-5H3. The maximum atomic E-state index is 12.2. The third kappa shape index (κ3) is 4.91. The van der Waals surface area contributed by atoms with Crippen LogP contribution in [0.5, 0.6) is 17.2 Å². The fourth-order valence-corrected chi connectivity index (χ4v) is 2.60. The van der Waals surface area contributed by atoms with E-state index in [4.69, 9.17) is 14.2 Å². The summed E-state index contributed by atoms with van der Waals surface area (Å²) in [5.74, 6) is 2.06. The van der Waals surface area contributed by atoms with Crippen LogP contribution < -0.4 is 14.2 Å². The third-order valence-electron chi connectivity index (χ3n) is 3.98. The van der Waals surface area contributed by atoms with Crippen molar-refractivity contribution in [3.8, 4) is 28.4 Å². The van der Waals surface area contributed by atoms with E-state index in [1.807, 2.05) is 50.2 Å². The zero-order valence-electron chi connectivity index (χ0n) is 16.1. The van der Waals surface area contributed by atoms with E-state index in [2.05, 4.69) is 0 Å². The number of hydrogen-bond acceptors (Lipinski definition) is 4. The van der Waals surface area contributed by atoms with Crippen molar-refractivity contribution in [2.24, 2.45) is 0 Å². The van der Waals surface area contributed by atoms with E-state index in [0.717, 1.165) is 16.9 Å². The second-order valence-corrected chi connectivity index (χ2v) is 6.10. The molecule has 0 fully saturated rings. The monoisotopic (exact) mass is 357 g/mol. The minimum atomic E-state index is -0.523. The number of carbonyl (C=O) groups excluding carboxylic acids is 1. The SMILES string of the molecule is CCOc1ccc(-c2cc(OC)cc(OC(CC)C(=O)N(C)C)c2)cc1. The smallest absolute Gasteiger partial charge is 0.263 e. The van der Waals surface area contributed by atoms with Gasteiger partial charge in [-0.3, -0.25) is 4.79 Å². The Morgan fingerprint density at radius 2 is 1.62 bits per heavy atom. The molecule has 0 saturated heterocycles. The van der Waals surface area contributed by atoms with E-state index in [0.29, 0.717) is 24.5 Å². The van der Waals surface area contributed by atoms with Gasteiger partial charge < -0.3 is 19.1 Å². The van der Waals surface area contributed by atoms with Crippen LogP contribution in [0.3, 0.4) is 0 Å². The minimum Gasteiger partial charge on any atom is -0.497 e. The molecule has 140 valence electrons. The molecule has 2 aromatic carbocycles. The average molecular weight is 357 g/mol. The van der Waals surface area contributed by atoms with Gasteiger partial charge in [0.1, 0.15) is 17.2 Å². The van der Waals surface area contributed by atoms with Gasteiger partial charge in [-0.1, -0.05) is 19.1 Å². The summed E-state index contributed by atoms with van der Waals surface area (Å²) in [4.78, 5) is 13.8. The quantitative estimate of drug-likeness (QED) is 0.716. The molecule has 0 aromatic heterocycles. The molecule has 2 aromatic rings. The number of amides is 1. The lowest BCUT2D eigenvalue weighted by Gasteiger charge is -2.21. The molecule has 1 amide bonds. The summed E-state index contributed by atoms with van der Waals surface area (Å²) in [7, 11) is 5.07. The molecule has 2 rings (SSSR count). The number of benzene rings is 2. The van der Waals surface area contributed by atoms with Crippen molar-refractivity contribution in [1.29, 1.82) is 0 Å². The van der Waals surface area contributed by atoms with Crippen LogP contribution in [0, 0.1) is 0 Å². The lowest BCUT2D eigenvalue weighted by Crippen LogP contribution is -2.37. The predicted molar refractivity (Wildman–Crippen MR) is 103 cm³/mol. The molecular weight excluding hydrogens is 330 g/mol. The van der Waals surface area contributed by atoms with Crippen LogP contribution in [0.1, 0.15) is 20.3 Å². The highest BCUT2D eigenvalue weighted by molar-refractivity contribution is 5.80. The Morgan fingerprint density at radius 3 is 2.15 bits per heavy atom. The maximum Gasteiger partial charge on any atom is 0.263 e. The van der Waals surface area contributed by atoms with E-state index in [1.54, 1.807) is 32.2 Å². The Bertz CT molecular complexity index is 725. The Hall–Kier alpha value is -2.69. The molecule has 5 nitrogen and oxygen atoms in total. The van der Waals surface area contributed by atoms with Crippen molar-refractivity contribution in [2.75, 3.05) is 27.8 Å². The number of rotatable bonds is 8. The molecule has 0 N–H and O–H groups in total. The average Bonchev–Trinajstić information content (AvgIpc) is 2.66. The normalized spacial score (nSPS) is 11.6. The van der Waals surface area contributed by atoms with E-state index < -0.39 is 6.10 Å². The molecular formula is C21H27NO4. The largest absolute Gasteiger partial charge is 0.497 e. The van der Waals surface area contributed by atoms with Gasteiger partial charge in [0.05, 0.1) is 13.7 Å². The number of hydrogen-bond donors (Lipinski definition) is 0. The van der Waals surface area contributed by atoms with Crippen molar-refractivity contribution in [1.82, 2.24) is 4.90 Å².